The summed E-state index contributed by atoms with van der Waals surface area (Å²) in [6.07, 6.45) is -8.91. The van der Waals surface area contributed by atoms with E-state index in [4.69, 9.17) is 6.11 Å². The van der Waals surface area contributed by atoms with E-state index in [1.54, 1.807) is 24.3 Å². The van der Waals surface area contributed by atoms with E-state index in [9.17, 15) is 35.9 Å². The van der Waals surface area contributed by atoms with E-state index in [1.165, 1.54) is 6.20 Å². The molecule has 37 heavy (non-hydrogen) atoms. The van der Waals surface area contributed by atoms with Crippen molar-refractivity contribution in [2.75, 3.05) is 13.2 Å². The van der Waals surface area contributed by atoms with Crippen LogP contribution in [0.5, 0.6) is 0 Å². The van der Waals surface area contributed by atoms with Crippen molar-refractivity contribution in [3.63, 3.8) is 0 Å². The van der Waals surface area contributed by atoms with E-state index in [-0.39, 0.29) is 31.2 Å². The maximum Gasteiger partial charge on any atom is 0.416 e. The first-order valence-corrected chi connectivity index (χ1v) is 11.6. The number of aromatic amines is 1. The van der Waals surface area contributed by atoms with Gasteiger partial charge in [-0.25, -0.2) is 4.79 Å². The van der Waals surface area contributed by atoms with E-state index in [0.29, 0.717) is 23.4 Å². The molecule has 200 valence electrons. The van der Waals surface area contributed by atoms with Gasteiger partial charge in [-0.2, -0.15) is 26.3 Å². The zero-order chi connectivity index (χ0) is 28.1. The van der Waals surface area contributed by atoms with Gasteiger partial charge in [-0.3, -0.25) is 4.79 Å². The van der Waals surface area contributed by atoms with E-state index >= 15 is 0 Å². The molecule has 0 radical (unpaired) electrons. The summed E-state index contributed by atoms with van der Waals surface area (Å²) in [7, 11) is 0. The van der Waals surface area contributed by atoms with Crippen molar-refractivity contribution in [1.29, 1.82) is 0 Å². The number of para-hydroxylation sites is 1. The van der Waals surface area contributed by atoms with Crippen LogP contribution in [-0.2, 0) is 21.9 Å². The number of nitrogens with one attached hydrogen (secondary N) is 2. The maximum absolute atomic E-state index is 13.7. The second-order valence-electron chi connectivity index (χ2n) is 8.48. The van der Waals surface area contributed by atoms with Gasteiger partial charge in [-0.15, -0.1) is 0 Å². The Morgan fingerprint density at radius 2 is 1.78 bits per heavy atom. The second-order valence-corrected chi connectivity index (χ2v) is 8.48. The number of carbonyl (C=O) groups is 2. The molecular weight excluding hydrogens is 502 g/mol. The van der Waals surface area contributed by atoms with Crippen LogP contribution >= 0.6 is 0 Å². The van der Waals surface area contributed by atoms with Gasteiger partial charge in [0.25, 0.3) is 0 Å². The Kier molecular flexibility index (Phi) is 8.40. The molecule has 0 aliphatic heterocycles. The number of rotatable bonds is 10. The third kappa shape index (κ3) is 7.50. The minimum absolute atomic E-state index is 0.0893. The zero-order valence-corrected chi connectivity index (χ0v) is 19.9. The summed E-state index contributed by atoms with van der Waals surface area (Å²) in [5, 5.41) is 2.89. The first kappa shape index (κ1) is 26.6. The lowest BCUT2D eigenvalue weighted by Gasteiger charge is -2.21. The smallest absolute Gasteiger partial charge is 0.416 e. The average molecular weight is 531 g/mol. The highest BCUT2D eigenvalue weighted by atomic mass is 19.4. The van der Waals surface area contributed by atoms with Crippen molar-refractivity contribution >= 4 is 22.8 Å². The first-order chi connectivity index (χ1) is 17.8. The minimum Gasteiger partial charge on any atom is -0.450 e. The molecule has 1 amide bonds. The molecule has 1 atom stereocenters. The van der Waals surface area contributed by atoms with Gasteiger partial charge in [0.1, 0.15) is 5.78 Å². The number of alkyl carbamates (subject to hydrolysis) is 1. The quantitative estimate of drug-likeness (QED) is 0.215. The second kappa shape index (κ2) is 11.7. The number of hydrogen-bond acceptors (Lipinski definition) is 3. The topological polar surface area (TPSA) is 71.2 Å². The molecule has 1 heterocycles. The predicted molar refractivity (Wildman–Crippen MR) is 125 cm³/mol. The van der Waals surface area contributed by atoms with Gasteiger partial charge in [0.15, 0.2) is 0 Å². The Morgan fingerprint density at radius 3 is 2.46 bits per heavy atom. The first-order valence-electron chi connectivity index (χ1n) is 12.1. The van der Waals surface area contributed by atoms with Crippen LogP contribution in [0.3, 0.4) is 0 Å². The summed E-state index contributed by atoms with van der Waals surface area (Å²) in [6.45, 7) is 1.98. The van der Waals surface area contributed by atoms with Crippen LogP contribution in [0.25, 0.3) is 10.9 Å². The number of H-pyrrole nitrogens is 1. The van der Waals surface area contributed by atoms with E-state index in [1.807, 2.05) is 6.92 Å². The monoisotopic (exact) mass is 530 g/mol. The lowest BCUT2D eigenvalue weighted by atomic mass is 9.84. The summed E-state index contributed by atoms with van der Waals surface area (Å²) in [5.41, 5.74) is -3.04. The Hall–Kier alpha value is -3.50. The largest absolute Gasteiger partial charge is 0.450 e. The molecule has 5 nitrogen and oxygen atoms in total. The van der Waals surface area contributed by atoms with E-state index in [0.717, 1.165) is 6.42 Å². The molecule has 0 spiro atoms. The molecule has 0 fully saturated rings. The van der Waals surface area contributed by atoms with Crippen LogP contribution in [0.15, 0.2) is 48.6 Å². The molecule has 1 aromatic heterocycles. The van der Waals surface area contributed by atoms with E-state index in [2.05, 4.69) is 10.3 Å². The molecule has 0 aliphatic rings. The fourth-order valence-corrected chi connectivity index (χ4v) is 3.86. The molecule has 3 aromatic rings. The number of halogens is 6. The van der Waals surface area contributed by atoms with Crippen molar-refractivity contribution < 1.29 is 42.0 Å². The molecule has 3 rings (SSSR count). The highest BCUT2D eigenvalue weighted by Gasteiger charge is 2.38. The van der Waals surface area contributed by atoms with Gasteiger partial charge < -0.3 is 15.0 Å². The molecule has 0 saturated heterocycles. The highest BCUT2D eigenvalue weighted by Crippen LogP contribution is 2.41. The van der Waals surface area contributed by atoms with Crippen LogP contribution in [-0.4, -0.2) is 30.0 Å². The zero-order valence-electron chi connectivity index (χ0n) is 20.9. The van der Waals surface area contributed by atoms with Crippen molar-refractivity contribution in [3.8, 4) is 0 Å². The summed E-state index contributed by atoms with van der Waals surface area (Å²) in [4.78, 5) is 27.5. The number of fused-ring (bicyclic) bond motifs is 1. The lowest BCUT2D eigenvalue weighted by Crippen LogP contribution is -2.27. The summed E-state index contributed by atoms with van der Waals surface area (Å²) >= 11 is 0. The van der Waals surface area contributed by atoms with Crippen molar-refractivity contribution in [2.45, 2.75) is 50.9 Å². The molecule has 0 saturated carbocycles. The Morgan fingerprint density at radius 1 is 1.08 bits per heavy atom. The van der Waals surface area contributed by atoms with Crippen molar-refractivity contribution in [2.24, 2.45) is 0 Å². The molecule has 0 bridgehead atoms. The van der Waals surface area contributed by atoms with Crippen LogP contribution in [0.2, 0.25) is 0 Å². The van der Waals surface area contributed by atoms with Gasteiger partial charge in [0.2, 0.25) is 0 Å². The minimum atomic E-state index is -5.22. The average Bonchev–Trinajstić information content (AvgIpc) is 3.25. The third-order valence-electron chi connectivity index (χ3n) is 5.73. The summed E-state index contributed by atoms with van der Waals surface area (Å²) in [6, 6.07) is 5.90. The Labute approximate surface area is 210 Å². The van der Waals surface area contributed by atoms with Gasteiger partial charge in [0.05, 0.1) is 19.1 Å². The normalized spacial score (nSPS) is 13.3. The Bertz CT molecular complexity index is 1290. The van der Waals surface area contributed by atoms with E-state index < -0.39 is 59.3 Å². The summed E-state index contributed by atoms with van der Waals surface area (Å²) in [5.74, 6) is -1.81. The number of ketones is 1. The number of hydrogen-bond donors (Lipinski definition) is 2. The van der Waals surface area contributed by atoms with Crippen LogP contribution < -0.4 is 5.32 Å². The van der Waals surface area contributed by atoms with Crippen LogP contribution in [0, 0.1) is 0 Å². The number of alkyl halides is 6. The Balaban J connectivity index is 1.99. The molecule has 2 aromatic carbocycles. The number of Topliss-reactive ketones (excluding diaryl/α,β-unsaturated/α-hetero) is 1. The maximum atomic E-state index is 13.7. The number of amides is 1. The SMILES string of the molecule is [3H]c1c(C(CC(=O)CCNC(=O)OCCCC)c2c[nH]c3ccccc23)cc(C(F)(F)F)cc1C(F)(F)F. The molecule has 11 heteroatoms. The third-order valence-corrected chi connectivity index (χ3v) is 5.73. The standard InChI is InChI=1S/C26H26F6N2O3/c1-2-3-10-37-24(36)33-9-8-19(35)14-21(22-15-34-23-7-5-4-6-20(22)23)16-11-17(25(27,28)29)13-18(12-16)26(30,31)32/h4-7,11-13,15,21,34H,2-3,8-10,14H2,1H3,(H,33,36)/i11T. The van der Waals surface area contributed by atoms with Gasteiger partial charge in [-0.05, 0) is 41.8 Å². The molecule has 1 unspecified atom stereocenters. The van der Waals surface area contributed by atoms with Gasteiger partial charge in [-0.1, -0.05) is 31.5 Å². The molecule has 0 aliphatic carbocycles. The highest BCUT2D eigenvalue weighted by molar-refractivity contribution is 5.86. The van der Waals surface area contributed by atoms with Crippen LogP contribution in [0.1, 0.15) is 62.1 Å². The van der Waals surface area contributed by atoms with Crippen molar-refractivity contribution in [3.05, 3.63) is 70.9 Å². The van der Waals surface area contributed by atoms with Crippen molar-refractivity contribution in [1.82, 2.24) is 10.3 Å². The number of benzene rings is 2. The molecule has 2 N–H and O–H groups in total. The fourth-order valence-electron chi connectivity index (χ4n) is 3.86. The van der Waals surface area contributed by atoms with Gasteiger partial charge in [0, 0.05) is 42.4 Å². The number of aromatic nitrogens is 1. The predicted octanol–water partition coefficient (Wildman–Crippen LogP) is 7.21. The number of carbonyl (C=O) groups excluding carboxylic acids is 2. The fraction of sp³-hybridized carbons (Fsp3) is 0.385. The lowest BCUT2D eigenvalue weighted by molar-refractivity contribution is -0.143. The van der Waals surface area contributed by atoms with Gasteiger partial charge >= 0.3 is 18.4 Å². The number of unbranched alkanes of at least 4 members (excludes halogenated alkanes) is 1. The molecular formula is C26H26F6N2O3. The van der Waals surface area contributed by atoms with Crippen LogP contribution in [0.4, 0.5) is 31.1 Å². The summed E-state index contributed by atoms with van der Waals surface area (Å²) < 4.78 is 94.8. The number of ether oxygens (including phenoxy) is 1.